The predicted molar refractivity (Wildman–Crippen MR) is 114 cm³/mol. The smallest absolute Gasteiger partial charge is 0.257 e. The van der Waals surface area contributed by atoms with E-state index >= 15 is 0 Å². The molecule has 1 aromatic carbocycles. The molecule has 3 aromatic heterocycles. The summed E-state index contributed by atoms with van der Waals surface area (Å²) in [4.78, 5) is 19.5. The number of amides is 1. The number of rotatable bonds is 3. The Hall–Kier alpha value is -3.45. The van der Waals surface area contributed by atoms with Crippen molar-refractivity contribution in [1.29, 1.82) is 0 Å². The van der Waals surface area contributed by atoms with Gasteiger partial charge in [-0.1, -0.05) is 29.8 Å². The highest BCUT2D eigenvalue weighted by atomic mass is 35.5. The van der Waals surface area contributed by atoms with E-state index < -0.39 is 0 Å². The maximum atomic E-state index is 13.3. The van der Waals surface area contributed by atoms with Crippen molar-refractivity contribution in [3.05, 3.63) is 82.4 Å². The van der Waals surface area contributed by atoms with Crippen LogP contribution in [0.15, 0.2) is 54.9 Å². The quantitative estimate of drug-likeness (QED) is 0.548. The van der Waals surface area contributed by atoms with Crippen molar-refractivity contribution >= 4 is 17.5 Å². The molecule has 0 bridgehead atoms. The molecule has 4 heterocycles. The Morgan fingerprint density at radius 3 is 2.90 bits per heavy atom. The predicted octanol–water partition coefficient (Wildman–Crippen LogP) is 3.82. The van der Waals surface area contributed by atoms with Gasteiger partial charge in [0.15, 0.2) is 5.82 Å². The van der Waals surface area contributed by atoms with Gasteiger partial charge in [-0.05, 0) is 31.2 Å². The fourth-order valence-corrected chi connectivity index (χ4v) is 4.03. The molecule has 5 rings (SSSR count). The van der Waals surface area contributed by atoms with Crippen LogP contribution in [0, 0.1) is 6.92 Å². The maximum absolute atomic E-state index is 13.3. The molecule has 0 atom stereocenters. The molecule has 1 aliphatic heterocycles. The fourth-order valence-electron chi connectivity index (χ4n) is 3.84. The molecule has 0 aliphatic carbocycles. The summed E-state index contributed by atoms with van der Waals surface area (Å²) >= 11 is 6.16. The van der Waals surface area contributed by atoms with Crippen LogP contribution in [-0.4, -0.2) is 42.3 Å². The van der Waals surface area contributed by atoms with Crippen LogP contribution in [0.4, 0.5) is 0 Å². The van der Waals surface area contributed by atoms with E-state index in [1.54, 1.807) is 17.1 Å². The largest absolute Gasteiger partial charge is 0.334 e. The monoisotopic (exact) mass is 418 g/mol. The number of carbonyl (C=O) groups is 1. The number of fused-ring (bicyclic) bond motifs is 1. The second-order valence-electron chi connectivity index (χ2n) is 7.26. The van der Waals surface area contributed by atoms with E-state index in [0.717, 1.165) is 34.6 Å². The van der Waals surface area contributed by atoms with Gasteiger partial charge in [0, 0.05) is 47.6 Å². The maximum Gasteiger partial charge on any atom is 0.257 e. The lowest BCUT2D eigenvalue weighted by molar-refractivity contribution is 0.0734. The van der Waals surface area contributed by atoms with Crippen LogP contribution in [0.2, 0.25) is 5.02 Å². The summed E-state index contributed by atoms with van der Waals surface area (Å²) in [6.45, 7) is 3.00. The molecule has 0 saturated heterocycles. The van der Waals surface area contributed by atoms with E-state index in [2.05, 4.69) is 20.3 Å². The van der Waals surface area contributed by atoms with E-state index in [4.69, 9.17) is 11.6 Å². The molecule has 0 fully saturated rings. The van der Waals surface area contributed by atoms with Gasteiger partial charge in [-0.3, -0.25) is 9.89 Å². The third kappa shape index (κ3) is 3.17. The summed E-state index contributed by atoms with van der Waals surface area (Å²) < 4.78 is 1.69. The molecule has 0 radical (unpaired) electrons. The first-order valence-electron chi connectivity index (χ1n) is 9.69. The molecule has 1 amide bonds. The highest BCUT2D eigenvalue weighted by Crippen LogP contribution is 2.30. The molecule has 150 valence electrons. The summed E-state index contributed by atoms with van der Waals surface area (Å²) in [6.07, 6.45) is 4.05. The number of hydrogen-bond acceptors (Lipinski definition) is 4. The van der Waals surface area contributed by atoms with Crippen LogP contribution in [0.5, 0.6) is 0 Å². The summed E-state index contributed by atoms with van der Waals surface area (Å²) in [7, 11) is 0. The van der Waals surface area contributed by atoms with Crippen molar-refractivity contribution in [1.82, 2.24) is 29.9 Å². The Labute approximate surface area is 178 Å². The minimum atomic E-state index is -0.0430. The van der Waals surface area contributed by atoms with Gasteiger partial charge >= 0.3 is 0 Å². The van der Waals surface area contributed by atoms with Gasteiger partial charge in [0.05, 0.1) is 23.1 Å². The van der Waals surface area contributed by atoms with Crippen molar-refractivity contribution in [2.75, 3.05) is 6.54 Å². The molecule has 4 aromatic rings. The van der Waals surface area contributed by atoms with E-state index in [9.17, 15) is 4.79 Å². The molecule has 7 nitrogen and oxygen atoms in total. The van der Waals surface area contributed by atoms with Crippen LogP contribution in [0.3, 0.4) is 0 Å². The first-order valence-corrected chi connectivity index (χ1v) is 10.1. The fraction of sp³-hybridized carbons (Fsp3) is 0.182. The SMILES string of the molecule is Cc1c(C(=O)N2CCc3[nH]nc(-c4cccc(Cl)c4)c3C2)cnn1-c1ccccn1. The lowest BCUT2D eigenvalue weighted by Gasteiger charge is -2.27. The van der Waals surface area contributed by atoms with Gasteiger partial charge in [0.25, 0.3) is 5.91 Å². The lowest BCUT2D eigenvalue weighted by Crippen LogP contribution is -2.36. The van der Waals surface area contributed by atoms with Gasteiger partial charge in [-0.2, -0.15) is 10.2 Å². The third-order valence-electron chi connectivity index (χ3n) is 5.43. The van der Waals surface area contributed by atoms with Gasteiger partial charge in [0.2, 0.25) is 0 Å². The zero-order valence-electron chi connectivity index (χ0n) is 16.3. The van der Waals surface area contributed by atoms with Crippen molar-refractivity contribution in [3.8, 4) is 17.1 Å². The Morgan fingerprint density at radius 2 is 2.10 bits per heavy atom. The molecule has 8 heteroatoms. The second kappa shape index (κ2) is 7.42. The average molecular weight is 419 g/mol. The van der Waals surface area contributed by atoms with Crippen LogP contribution < -0.4 is 0 Å². The molecule has 0 unspecified atom stereocenters. The number of nitrogens with one attached hydrogen (secondary N) is 1. The molecular weight excluding hydrogens is 400 g/mol. The van der Waals surface area contributed by atoms with Crippen molar-refractivity contribution in [2.45, 2.75) is 19.9 Å². The van der Waals surface area contributed by atoms with Gasteiger partial charge in [0.1, 0.15) is 0 Å². The van der Waals surface area contributed by atoms with Crippen molar-refractivity contribution < 1.29 is 4.79 Å². The van der Waals surface area contributed by atoms with Crippen molar-refractivity contribution in [3.63, 3.8) is 0 Å². The second-order valence-corrected chi connectivity index (χ2v) is 7.70. The summed E-state index contributed by atoms with van der Waals surface area (Å²) in [6, 6.07) is 13.2. The standard InChI is InChI=1S/C22H19ClN6O/c1-14-17(12-25-29(14)20-7-2-3-9-24-20)22(30)28-10-8-19-18(13-28)21(27-26-19)15-5-4-6-16(23)11-15/h2-7,9,11-12H,8,10,13H2,1H3,(H,26,27). The van der Waals surface area contributed by atoms with E-state index in [1.165, 1.54) is 0 Å². The Morgan fingerprint density at radius 1 is 1.20 bits per heavy atom. The zero-order valence-corrected chi connectivity index (χ0v) is 17.1. The van der Waals surface area contributed by atoms with Gasteiger partial charge in [-0.15, -0.1) is 0 Å². The van der Waals surface area contributed by atoms with Gasteiger partial charge in [-0.25, -0.2) is 9.67 Å². The van der Waals surface area contributed by atoms with Crippen LogP contribution in [-0.2, 0) is 13.0 Å². The first kappa shape index (κ1) is 18.6. The van der Waals surface area contributed by atoms with E-state index in [1.807, 2.05) is 54.3 Å². The number of aromatic amines is 1. The molecule has 1 N–H and O–H groups in total. The number of nitrogens with zero attached hydrogens (tertiary/aromatic N) is 5. The number of pyridine rings is 1. The van der Waals surface area contributed by atoms with E-state index in [-0.39, 0.29) is 5.91 Å². The number of aromatic nitrogens is 5. The topological polar surface area (TPSA) is 79.7 Å². The van der Waals surface area contributed by atoms with E-state index in [0.29, 0.717) is 29.5 Å². The van der Waals surface area contributed by atoms with Crippen LogP contribution >= 0.6 is 11.6 Å². The molecule has 0 spiro atoms. The third-order valence-corrected chi connectivity index (χ3v) is 5.66. The Bertz CT molecular complexity index is 1230. The minimum absolute atomic E-state index is 0.0430. The zero-order chi connectivity index (χ0) is 20.7. The summed E-state index contributed by atoms with van der Waals surface area (Å²) in [5.74, 6) is 0.645. The number of halogens is 1. The highest BCUT2D eigenvalue weighted by Gasteiger charge is 2.28. The van der Waals surface area contributed by atoms with Crippen LogP contribution in [0.1, 0.15) is 27.3 Å². The number of carbonyl (C=O) groups excluding carboxylic acids is 1. The average Bonchev–Trinajstić information content (AvgIpc) is 3.37. The minimum Gasteiger partial charge on any atom is -0.334 e. The highest BCUT2D eigenvalue weighted by molar-refractivity contribution is 6.30. The van der Waals surface area contributed by atoms with Crippen LogP contribution in [0.25, 0.3) is 17.1 Å². The number of benzene rings is 1. The summed E-state index contributed by atoms with van der Waals surface area (Å²) in [5, 5.41) is 12.7. The molecule has 0 saturated carbocycles. The Balaban J connectivity index is 1.44. The number of H-pyrrole nitrogens is 1. The molecule has 30 heavy (non-hydrogen) atoms. The van der Waals surface area contributed by atoms with Gasteiger partial charge < -0.3 is 4.90 Å². The van der Waals surface area contributed by atoms with Crippen molar-refractivity contribution in [2.24, 2.45) is 0 Å². The number of hydrogen-bond donors (Lipinski definition) is 1. The normalized spacial score (nSPS) is 13.3. The first-order chi connectivity index (χ1) is 14.6. The lowest BCUT2D eigenvalue weighted by atomic mass is 10.0. The molecular formula is C22H19ClN6O. The summed E-state index contributed by atoms with van der Waals surface area (Å²) in [5.41, 5.74) is 5.23. The molecule has 1 aliphatic rings. The Kier molecular flexibility index (Phi) is 4.59.